The molecule has 2 rings (SSSR count). The highest BCUT2D eigenvalue weighted by Gasteiger charge is 2.06. The Kier molecular flexibility index (Phi) is 2.30. The van der Waals surface area contributed by atoms with E-state index < -0.39 is 0 Å². The van der Waals surface area contributed by atoms with E-state index in [1.807, 2.05) is 6.07 Å². The van der Waals surface area contributed by atoms with Crippen LogP contribution in [-0.4, -0.2) is 7.11 Å². The van der Waals surface area contributed by atoms with Gasteiger partial charge in [-0.15, -0.1) is 11.3 Å². The molecule has 0 fully saturated rings. The number of halogens is 1. The quantitative estimate of drug-likeness (QED) is 0.750. The third kappa shape index (κ3) is 1.46. The molecule has 68 valence electrons. The number of ether oxygens (including phenoxy) is 1. The Morgan fingerprint density at radius 1 is 1.38 bits per heavy atom. The zero-order valence-corrected chi connectivity index (χ0v) is 9.83. The van der Waals surface area contributed by atoms with Crippen molar-refractivity contribution >= 4 is 37.4 Å². The van der Waals surface area contributed by atoms with Crippen LogP contribution < -0.4 is 4.74 Å². The van der Waals surface area contributed by atoms with Gasteiger partial charge in [-0.2, -0.15) is 0 Å². The second kappa shape index (κ2) is 3.31. The monoisotopic (exact) mass is 256 g/mol. The first kappa shape index (κ1) is 9.03. The van der Waals surface area contributed by atoms with Gasteiger partial charge < -0.3 is 4.74 Å². The number of fused-ring (bicyclic) bond motifs is 1. The van der Waals surface area contributed by atoms with Crippen LogP contribution in [0.5, 0.6) is 5.75 Å². The van der Waals surface area contributed by atoms with Gasteiger partial charge in [-0.05, 0) is 52.0 Å². The van der Waals surface area contributed by atoms with Crippen LogP contribution >= 0.6 is 27.3 Å². The molecule has 1 nitrogen and oxygen atoms in total. The summed E-state index contributed by atoms with van der Waals surface area (Å²) < 4.78 is 7.63. The first-order valence-corrected chi connectivity index (χ1v) is 5.56. The maximum atomic E-state index is 5.16. The van der Waals surface area contributed by atoms with Crippen molar-refractivity contribution in [2.75, 3.05) is 7.11 Å². The van der Waals surface area contributed by atoms with Crippen LogP contribution in [0.2, 0.25) is 0 Å². The molecule has 0 unspecified atom stereocenters. The Morgan fingerprint density at radius 3 is 2.85 bits per heavy atom. The van der Waals surface area contributed by atoms with Gasteiger partial charge in [-0.1, -0.05) is 0 Å². The van der Waals surface area contributed by atoms with E-state index in [1.54, 1.807) is 18.4 Å². The van der Waals surface area contributed by atoms with E-state index in [-0.39, 0.29) is 0 Å². The van der Waals surface area contributed by atoms with Crippen LogP contribution in [-0.2, 0) is 0 Å². The second-order valence-corrected chi connectivity index (χ2v) is 5.23. The molecule has 0 aliphatic carbocycles. The lowest BCUT2D eigenvalue weighted by molar-refractivity contribution is 0.415. The average molecular weight is 257 g/mol. The fourth-order valence-corrected chi connectivity index (χ4v) is 3.00. The third-order valence-corrected chi connectivity index (χ3v) is 4.21. The minimum Gasteiger partial charge on any atom is -0.497 e. The largest absolute Gasteiger partial charge is 0.497 e. The summed E-state index contributed by atoms with van der Waals surface area (Å²) in [7, 11) is 1.69. The van der Waals surface area contributed by atoms with Crippen LogP contribution in [0.3, 0.4) is 0 Å². The van der Waals surface area contributed by atoms with E-state index in [0.29, 0.717) is 0 Å². The van der Waals surface area contributed by atoms with E-state index in [1.165, 1.54) is 19.4 Å². The first-order valence-electron chi connectivity index (χ1n) is 3.95. The number of thiophene rings is 1. The zero-order chi connectivity index (χ0) is 9.42. The minimum atomic E-state index is 0.918. The number of aryl methyl sites for hydroxylation is 1. The minimum absolute atomic E-state index is 0.918. The van der Waals surface area contributed by atoms with E-state index >= 15 is 0 Å². The molecule has 0 radical (unpaired) electrons. The summed E-state index contributed by atoms with van der Waals surface area (Å²) in [5, 5.41) is 1.30. The van der Waals surface area contributed by atoms with Crippen molar-refractivity contribution in [1.29, 1.82) is 0 Å². The number of hydrogen-bond acceptors (Lipinski definition) is 2. The molecule has 0 amide bonds. The second-order valence-electron chi connectivity index (χ2n) is 2.86. The zero-order valence-electron chi connectivity index (χ0n) is 7.43. The smallest absolute Gasteiger partial charge is 0.120 e. The van der Waals surface area contributed by atoms with Gasteiger partial charge in [0, 0.05) is 4.70 Å². The van der Waals surface area contributed by atoms with Gasteiger partial charge >= 0.3 is 0 Å². The fourth-order valence-electron chi connectivity index (χ4n) is 1.30. The number of hydrogen-bond donors (Lipinski definition) is 0. The van der Waals surface area contributed by atoms with Crippen molar-refractivity contribution in [2.24, 2.45) is 0 Å². The number of benzene rings is 1. The van der Waals surface area contributed by atoms with Crippen molar-refractivity contribution in [1.82, 2.24) is 0 Å². The van der Waals surface area contributed by atoms with Crippen LogP contribution in [0, 0.1) is 6.92 Å². The molecule has 1 aromatic carbocycles. The molecular formula is C10H9BrOS. The van der Waals surface area contributed by atoms with Gasteiger partial charge in [0.1, 0.15) is 5.75 Å². The SMILES string of the molecule is COc1ccc2c(C)c(Br)sc2c1. The van der Waals surface area contributed by atoms with Crippen LogP contribution in [0.25, 0.3) is 10.1 Å². The highest BCUT2D eigenvalue weighted by molar-refractivity contribution is 9.11. The van der Waals surface area contributed by atoms with Gasteiger partial charge in [0.05, 0.1) is 10.9 Å². The lowest BCUT2D eigenvalue weighted by Crippen LogP contribution is -1.80. The van der Waals surface area contributed by atoms with Crippen molar-refractivity contribution in [3.8, 4) is 5.75 Å². The fraction of sp³-hybridized carbons (Fsp3) is 0.200. The molecule has 0 aliphatic heterocycles. The molecule has 0 aliphatic rings. The molecule has 0 saturated carbocycles. The van der Waals surface area contributed by atoms with Crippen molar-refractivity contribution < 1.29 is 4.74 Å². The molecule has 0 atom stereocenters. The average Bonchev–Trinajstić information content (AvgIpc) is 2.42. The predicted molar refractivity (Wildman–Crippen MR) is 60.8 cm³/mol. The number of rotatable bonds is 1. The van der Waals surface area contributed by atoms with Gasteiger partial charge in [0.2, 0.25) is 0 Å². The summed E-state index contributed by atoms with van der Waals surface area (Å²) in [5.41, 5.74) is 1.31. The summed E-state index contributed by atoms with van der Waals surface area (Å²) in [6, 6.07) is 6.16. The summed E-state index contributed by atoms with van der Waals surface area (Å²) >= 11 is 5.28. The molecular weight excluding hydrogens is 248 g/mol. The highest BCUT2D eigenvalue weighted by atomic mass is 79.9. The van der Waals surface area contributed by atoms with E-state index in [4.69, 9.17) is 4.74 Å². The Morgan fingerprint density at radius 2 is 2.15 bits per heavy atom. The molecule has 0 N–H and O–H groups in total. The van der Waals surface area contributed by atoms with E-state index in [0.717, 1.165) is 5.75 Å². The maximum Gasteiger partial charge on any atom is 0.120 e. The van der Waals surface area contributed by atoms with Gasteiger partial charge in [0.25, 0.3) is 0 Å². The lowest BCUT2D eigenvalue weighted by Gasteiger charge is -1.98. The van der Waals surface area contributed by atoms with E-state index in [2.05, 4.69) is 35.0 Å². The van der Waals surface area contributed by atoms with Gasteiger partial charge in [-0.25, -0.2) is 0 Å². The predicted octanol–water partition coefficient (Wildman–Crippen LogP) is 3.98. The van der Waals surface area contributed by atoms with Crippen molar-refractivity contribution in [2.45, 2.75) is 6.92 Å². The van der Waals surface area contributed by atoms with Gasteiger partial charge in [0.15, 0.2) is 0 Å². The third-order valence-electron chi connectivity index (χ3n) is 2.09. The summed E-state index contributed by atoms with van der Waals surface area (Å²) in [5.74, 6) is 0.918. The molecule has 0 bridgehead atoms. The first-order chi connectivity index (χ1) is 6.22. The standard InChI is InChI=1S/C10H9BrOS/c1-6-8-4-3-7(12-2)5-9(8)13-10(6)11/h3-5H,1-2H3. The van der Waals surface area contributed by atoms with Crippen LogP contribution in [0.15, 0.2) is 22.0 Å². The number of methoxy groups -OCH3 is 1. The molecule has 0 spiro atoms. The molecule has 13 heavy (non-hydrogen) atoms. The van der Waals surface area contributed by atoms with Gasteiger partial charge in [-0.3, -0.25) is 0 Å². The van der Waals surface area contributed by atoms with Crippen LogP contribution in [0.1, 0.15) is 5.56 Å². The molecule has 1 heterocycles. The Balaban J connectivity index is 2.73. The van der Waals surface area contributed by atoms with Crippen molar-refractivity contribution in [3.05, 3.63) is 27.5 Å². The summed E-state index contributed by atoms with van der Waals surface area (Å²) in [6.45, 7) is 2.12. The highest BCUT2D eigenvalue weighted by Crippen LogP contribution is 2.36. The van der Waals surface area contributed by atoms with E-state index in [9.17, 15) is 0 Å². The molecule has 2 aromatic rings. The Hall–Kier alpha value is -0.540. The molecule has 1 aromatic heterocycles. The summed E-state index contributed by atoms with van der Waals surface area (Å²) in [4.78, 5) is 0. The summed E-state index contributed by atoms with van der Waals surface area (Å²) in [6.07, 6.45) is 0. The lowest BCUT2D eigenvalue weighted by atomic mass is 10.2. The Bertz CT molecular complexity index is 447. The topological polar surface area (TPSA) is 9.23 Å². The molecule has 3 heteroatoms. The van der Waals surface area contributed by atoms with Crippen LogP contribution in [0.4, 0.5) is 0 Å². The molecule has 0 saturated heterocycles. The van der Waals surface area contributed by atoms with Crippen molar-refractivity contribution in [3.63, 3.8) is 0 Å². The Labute approximate surface area is 89.5 Å². The normalized spacial score (nSPS) is 10.7. The maximum absolute atomic E-state index is 5.16.